The summed E-state index contributed by atoms with van der Waals surface area (Å²) < 4.78 is 11.4. The summed E-state index contributed by atoms with van der Waals surface area (Å²) in [6.45, 7) is 5.08. The van der Waals surface area contributed by atoms with Gasteiger partial charge in [-0.1, -0.05) is 49.6 Å². The lowest BCUT2D eigenvalue weighted by molar-refractivity contribution is -0.132. The van der Waals surface area contributed by atoms with Crippen LogP contribution < -0.4 is 14.4 Å². The molecule has 1 heterocycles. The van der Waals surface area contributed by atoms with Crippen molar-refractivity contribution < 1.29 is 24.2 Å². The van der Waals surface area contributed by atoms with Gasteiger partial charge in [0.25, 0.3) is 11.7 Å². The molecule has 1 N–H and O–H groups in total. The van der Waals surface area contributed by atoms with Crippen molar-refractivity contribution in [3.8, 4) is 11.5 Å². The van der Waals surface area contributed by atoms with Gasteiger partial charge in [0.2, 0.25) is 0 Å². The number of hydrogen-bond donors (Lipinski definition) is 1. The van der Waals surface area contributed by atoms with Crippen LogP contribution in [0.2, 0.25) is 5.02 Å². The predicted octanol–water partition coefficient (Wildman–Crippen LogP) is 6.93. The van der Waals surface area contributed by atoms with Crippen LogP contribution in [0.1, 0.15) is 50.3 Å². The van der Waals surface area contributed by atoms with Gasteiger partial charge in [0.15, 0.2) is 0 Å². The van der Waals surface area contributed by atoms with Crippen molar-refractivity contribution in [1.29, 1.82) is 0 Å². The number of ether oxygens (including phenoxy) is 2. The first-order chi connectivity index (χ1) is 17.9. The zero-order chi connectivity index (χ0) is 26.4. The van der Waals surface area contributed by atoms with E-state index in [1.807, 2.05) is 6.92 Å². The number of carbonyl (C=O) groups is 2. The largest absolute Gasteiger partial charge is 0.507 e. The molecule has 1 amide bonds. The number of unbranched alkanes of at least 4 members (excludes halogenated alkanes) is 2. The summed E-state index contributed by atoms with van der Waals surface area (Å²) in [6.07, 6.45) is 3.17. The molecule has 1 unspecified atom stereocenters. The van der Waals surface area contributed by atoms with Gasteiger partial charge in [0.1, 0.15) is 17.3 Å². The molecule has 1 atom stereocenters. The third kappa shape index (κ3) is 5.81. The molecular weight excluding hydrogens is 490 g/mol. The molecule has 0 aliphatic carbocycles. The number of rotatable bonds is 10. The average molecular weight is 520 g/mol. The van der Waals surface area contributed by atoms with E-state index in [1.54, 1.807) is 72.8 Å². The zero-order valence-corrected chi connectivity index (χ0v) is 21.7. The number of carbonyl (C=O) groups excluding carboxylic acids is 2. The number of anilines is 1. The predicted molar refractivity (Wildman–Crippen MR) is 145 cm³/mol. The monoisotopic (exact) mass is 519 g/mol. The smallest absolute Gasteiger partial charge is 0.300 e. The van der Waals surface area contributed by atoms with E-state index in [0.717, 1.165) is 19.3 Å². The van der Waals surface area contributed by atoms with Crippen molar-refractivity contribution in [2.45, 2.75) is 39.2 Å². The Morgan fingerprint density at radius 2 is 1.68 bits per heavy atom. The minimum absolute atomic E-state index is 0.00441. The van der Waals surface area contributed by atoms with Crippen LogP contribution in [-0.4, -0.2) is 30.0 Å². The van der Waals surface area contributed by atoms with Gasteiger partial charge in [-0.3, -0.25) is 14.5 Å². The third-order valence-electron chi connectivity index (χ3n) is 6.16. The second kappa shape index (κ2) is 12.0. The summed E-state index contributed by atoms with van der Waals surface area (Å²) >= 11 is 6.21. The fourth-order valence-corrected chi connectivity index (χ4v) is 4.57. The highest BCUT2D eigenvalue weighted by Crippen LogP contribution is 2.43. The van der Waals surface area contributed by atoms with Gasteiger partial charge in [0, 0.05) is 16.3 Å². The Bertz CT molecular complexity index is 1300. The van der Waals surface area contributed by atoms with E-state index in [2.05, 4.69) is 6.92 Å². The van der Waals surface area contributed by atoms with Crippen LogP contribution in [0.25, 0.3) is 5.76 Å². The van der Waals surface area contributed by atoms with Gasteiger partial charge in [-0.25, -0.2) is 0 Å². The van der Waals surface area contributed by atoms with Crippen molar-refractivity contribution in [1.82, 2.24) is 0 Å². The topological polar surface area (TPSA) is 76.1 Å². The molecular formula is C30H30ClNO5. The maximum atomic E-state index is 13.4. The first-order valence-corrected chi connectivity index (χ1v) is 12.8. The lowest BCUT2D eigenvalue weighted by Crippen LogP contribution is -2.29. The van der Waals surface area contributed by atoms with Crippen LogP contribution in [-0.2, 0) is 9.59 Å². The van der Waals surface area contributed by atoms with Crippen molar-refractivity contribution in [2.24, 2.45) is 0 Å². The molecule has 37 heavy (non-hydrogen) atoms. The summed E-state index contributed by atoms with van der Waals surface area (Å²) in [5.41, 5.74) is 1.49. The number of nitrogens with zero attached hydrogens (tertiary/aromatic N) is 1. The van der Waals surface area contributed by atoms with Crippen LogP contribution >= 0.6 is 11.6 Å². The van der Waals surface area contributed by atoms with Crippen molar-refractivity contribution in [3.05, 3.63) is 94.5 Å². The van der Waals surface area contributed by atoms with Gasteiger partial charge >= 0.3 is 0 Å². The Morgan fingerprint density at radius 3 is 2.38 bits per heavy atom. The summed E-state index contributed by atoms with van der Waals surface area (Å²) in [4.78, 5) is 28.0. The van der Waals surface area contributed by atoms with Gasteiger partial charge in [0.05, 0.1) is 24.8 Å². The maximum Gasteiger partial charge on any atom is 0.300 e. The number of halogens is 1. The molecule has 0 bridgehead atoms. The fraction of sp³-hybridized carbons (Fsp3) is 0.267. The standard InChI is InChI=1S/C30H30ClNO5/c1-3-5-6-17-37-24-15-13-20(14-16-24)28(33)26-27(21-9-7-12-25(18-21)36-4-2)32(30(35)29(26)34)23-11-8-10-22(31)19-23/h7-16,18-19,27,33H,3-6,17H2,1-2H3/b28-26+. The van der Waals surface area contributed by atoms with E-state index >= 15 is 0 Å². The Morgan fingerprint density at radius 1 is 0.919 bits per heavy atom. The Balaban J connectivity index is 1.78. The van der Waals surface area contributed by atoms with Gasteiger partial charge in [-0.15, -0.1) is 0 Å². The third-order valence-corrected chi connectivity index (χ3v) is 6.40. The molecule has 4 rings (SSSR count). The Kier molecular flexibility index (Phi) is 8.51. The minimum Gasteiger partial charge on any atom is -0.507 e. The van der Waals surface area contributed by atoms with Crippen LogP contribution in [0.4, 0.5) is 5.69 Å². The number of hydrogen-bond acceptors (Lipinski definition) is 5. The quantitative estimate of drug-likeness (QED) is 0.136. The van der Waals surface area contributed by atoms with Crippen LogP contribution in [0.15, 0.2) is 78.4 Å². The van der Waals surface area contributed by atoms with Crippen LogP contribution in [0, 0.1) is 0 Å². The van der Waals surface area contributed by atoms with Gasteiger partial charge < -0.3 is 14.6 Å². The molecule has 0 saturated carbocycles. The SMILES string of the molecule is CCCCCOc1ccc(/C(O)=C2\C(=O)C(=O)N(c3cccc(Cl)c3)C2c2cccc(OCC)c2)cc1. The summed E-state index contributed by atoms with van der Waals surface area (Å²) in [6, 6.07) is 19.9. The summed E-state index contributed by atoms with van der Waals surface area (Å²) in [7, 11) is 0. The van der Waals surface area contributed by atoms with E-state index in [1.165, 1.54) is 4.90 Å². The van der Waals surface area contributed by atoms with E-state index < -0.39 is 17.7 Å². The number of aliphatic hydroxyl groups is 1. The first kappa shape index (κ1) is 26.3. The number of ketones is 1. The zero-order valence-electron chi connectivity index (χ0n) is 20.9. The Labute approximate surface area is 222 Å². The molecule has 3 aromatic rings. The number of Topliss-reactive ketones (excluding diaryl/α,β-unsaturated/α-hetero) is 1. The maximum absolute atomic E-state index is 13.4. The summed E-state index contributed by atoms with van der Waals surface area (Å²) in [5.74, 6) is -0.503. The number of amides is 1. The lowest BCUT2D eigenvalue weighted by Gasteiger charge is -2.26. The number of aliphatic hydroxyl groups excluding tert-OH is 1. The molecule has 1 aliphatic heterocycles. The van der Waals surface area contributed by atoms with E-state index in [4.69, 9.17) is 21.1 Å². The lowest BCUT2D eigenvalue weighted by atomic mass is 9.95. The van der Waals surface area contributed by atoms with Gasteiger partial charge in [-0.05, 0) is 73.5 Å². The minimum atomic E-state index is -0.871. The normalized spacial score (nSPS) is 16.7. The second-order valence-electron chi connectivity index (χ2n) is 8.73. The van der Waals surface area contributed by atoms with Crippen molar-refractivity contribution in [2.75, 3.05) is 18.1 Å². The molecule has 6 nitrogen and oxygen atoms in total. The van der Waals surface area contributed by atoms with Crippen LogP contribution in [0.3, 0.4) is 0 Å². The molecule has 3 aromatic carbocycles. The molecule has 0 aromatic heterocycles. The number of benzene rings is 3. The molecule has 192 valence electrons. The van der Waals surface area contributed by atoms with E-state index in [9.17, 15) is 14.7 Å². The summed E-state index contributed by atoms with van der Waals surface area (Å²) in [5, 5.41) is 11.8. The molecule has 1 aliphatic rings. The molecule has 0 spiro atoms. The molecule has 1 saturated heterocycles. The molecule has 7 heteroatoms. The van der Waals surface area contributed by atoms with E-state index in [-0.39, 0.29) is 11.3 Å². The second-order valence-corrected chi connectivity index (χ2v) is 9.17. The highest BCUT2D eigenvalue weighted by Gasteiger charge is 2.47. The highest BCUT2D eigenvalue weighted by atomic mass is 35.5. The fourth-order valence-electron chi connectivity index (χ4n) is 4.39. The van der Waals surface area contributed by atoms with E-state index in [0.29, 0.717) is 46.5 Å². The van der Waals surface area contributed by atoms with Gasteiger partial charge in [-0.2, -0.15) is 0 Å². The first-order valence-electron chi connectivity index (χ1n) is 12.5. The van der Waals surface area contributed by atoms with Crippen LogP contribution in [0.5, 0.6) is 11.5 Å². The molecule has 1 fully saturated rings. The molecule has 0 radical (unpaired) electrons. The Hall–Kier alpha value is -3.77. The van der Waals surface area contributed by atoms with Crippen molar-refractivity contribution in [3.63, 3.8) is 0 Å². The highest BCUT2D eigenvalue weighted by molar-refractivity contribution is 6.51. The average Bonchev–Trinajstić information content (AvgIpc) is 3.17. The van der Waals surface area contributed by atoms with Crippen molar-refractivity contribution >= 4 is 34.7 Å².